The minimum Gasteiger partial charge on any atom is -0.302 e. The van der Waals surface area contributed by atoms with Crippen molar-refractivity contribution in [2.75, 3.05) is 11.9 Å². The lowest BCUT2D eigenvalue weighted by Crippen LogP contribution is -2.29. The average Bonchev–Trinajstić information content (AvgIpc) is 3.22. The highest BCUT2D eigenvalue weighted by Crippen LogP contribution is 2.35. The van der Waals surface area contributed by atoms with Gasteiger partial charge in [-0.15, -0.1) is 11.3 Å². The highest BCUT2D eigenvalue weighted by Gasteiger charge is 2.31. The standard InChI is InChI=1S/C17H13Cl2N3O2S3/c18-11-4-1-3-10(14(11)19)9-12-15(24)22(17(25)27-12)7-2-5-13(23)21-16-20-6-8-26-16/h1,3-4,6,8-9H,2,5,7H2,(H,20,21,23)/b12-9-. The number of carbonyl (C=O) groups excluding carboxylic acids is 2. The van der Waals surface area contributed by atoms with Crippen LogP contribution in [0.25, 0.3) is 6.08 Å². The fourth-order valence-corrected chi connectivity index (χ4v) is 4.54. The van der Waals surface area contributed by atoms with Gasteiger partial charge in [-0.25, -0.2) is 4.98 Å². The average molecular weight is 458 g/mol. The van der Waals surface area contributed by atoms with Crippen molar-refractivity contribution in [1.82, 2.24) is 9.88 Å². The summed E-state index contributed by atoms with van der Waals surface area (Å²) in [6.45, 7) is 0.372. The molecule has 1 aliphatic heterocycles. The van der Waals surface area contributed by atoms with Gasteiger partial charge in [-0.1, -0.05) is 59.3 Å². The summed E-state index contributed by atoms with van der Waals surface area (Å²) in [5, 5.41) is 5.87. The van der Waals surface area contributed by atoms with Gasteiger partial charge in [0.2, 0.25) is 5.91 Å². The molecular weight excluding hydrogens is 445 g/mol. The van der Waals surface area contributed by atoms with Crippen molar-refractivity contribution in [2.45, 2.75) is 12.8 Å². The third-order valence-electron chi connectivity index (χ3n) is 3.61. The van der Waals surface area contributed by atoms with Gasteiger partial charge < -0.3 is 5.32 Å². The van der Waals surface area contributed by atoms with E-state index in [1.165, 1.54) is 28.0 Å². The van der Waals surface area contributed by atoms with Gasteiger partial charge in [-0.2, -0.15) is 0 Å². The number of nitrogens with one attached hydrogen (secondary N) is 1. The van der Waals surface area contributed by atoms with Crippen molar-refractivity contribution in [2.24, 2.45) is 0 Å². The molecule has 0 aliphatic carbocycles. The topological polar surface area (TPSA) is 62.3 Å². The Bertz CT molecular complexity index is 916. The number of thiazole rings is 1. The Morgan fingerprint density at radius 1 is 1.37 bits per heavy atom. The van der Waals surface area contributed by atoms with Crippen LogP contribution in [0, 0.1) is 0 Å². The Balaban J connectivity index is 1.58. The second-order valence-corrected chi connectivity index (χ2v) is 8.82. The number of thiocarbonyl (C=S) groups is 1. The number of halogens is 2. The molecule has 2 aromatic rings. The Labute approximate surface area is 179 Å². The number of aromatic nitrogens is 1. The molecule has 2 amide bonds. The molecule has 10 heteroatoms. The molecule has 1 fully saturated rings. The van der Waals surface area contributed by atoms with E-state index in [0.717, 1.165) is 0 Å². The third kappa shape index (κ3) is 5.08. The maximum absolute atomic E-state index is 12.6. The molecular formula is C17H13Cl2N3O2S3. The summed E-state index contributed by atoms with van der Waals surface area (Å²) in [7, 11) is 0. The minimum atomic E-state index is -0.193. The van der Waals surface area contributed by atoms with E-state index in [9.17, 15) is 9.59 Å². The molecule has 5 nitrogen and oxygen atoms in total. The van der Waals surface area contributed by atoms with Crippen LogP contribution in [0.1, 0.15) is 18.4 Å². The van der Waals surface area contributed by atoms with Gasteiger partial charge in [0.1, 0.15) is 4.32 Å². The van der Waals surface area contributed by atoms with Gasteiger partial charge >= 0.3 is 0 Å². The fraction of sp³-hybridized carbons (Fsp3) is 0.176. The van der Waals surface area contributed by atoms with Crippen LogP contribution in [-0.2, 0) is 9.59 Å². The van der Waals surface area contributed by atoms with E-state index in [2.05, 4.69) is 10.3 Å². The number of rotatable bonds is 6. The monoisotopic (exact) mass is 457 g/mol. The quantitative estimate of drug-likeness (QED) is 0.484. The third-order valence-corrected chi connectivity index (χ3v) is 6.51. The van der Waals surface area contributed by atoms with E-state index in [1.807, 2.05) is 0 Å². The highest BCUT2D eigenvalue weighted by molar-refractivity contribution is 8.26. The van der Waals surface area contributed by atoms with Gasteiger partial charge in [-0.3, -0.25) is 14.5 Å². The van der Waals surface area contributed by atoms with E-state index in [1.54, 1.807) is 35.9 Å². The van der Waals surface area contributed by atoms with Crippen LogP contribution < -0.4 is 5.32 Å². The Hall–Kier alpha value is -1.45. The van der Waals surface area contributed by atoms with E-state index >= 15 is 0 Å². The Morgan fingerprint density at radius 3 is 2.93 bits per heavy atom. The van der Waals surface area contributed by atoms with Gasteiger partial charge in [-0.05, 0) is 24.1 Å². The van der Waals surface area contributed by atoms with Crippen LogP contribution in [0.4, 0.5) is 5.13 Å². The van der Waals surface area contributed by atoms with Crippen molar-refractivity contribution in [3.05, 3.63) is 50.3 Å². The van der Waals surface area contributed by atoms with Gasteiger partial charge in [0.15, 0.2) is 5.13 Å². The summed E-state index contributed by atoms with van der Waals surface area (Å²) >= 11 is 20.1. The van der Waals surface area contributed by atoms with Crippen molar-refractivity contribution in [3.8, 4) is 0 Å². The maximum Gasteiger partial charge on any atom is 0.266 e. The number of hydrogen-bond acceptors (Lipinski definition) is 6. The SMILES string of the molecule is O=C(CCCN1C(=O)/C(=C/c2cccc(Cl)c2Cl)SC1=S)Nc1nccs1. The van der Waals surface area contributed by atoms with Crippen LogP contribution in [-0.4, -0.2) is 32.6 Å². The summed E-state index contributed by atoms with van der Waals surface area (Å²) in [6, 6.07) is 5.23. The first-order valence-corrected chi connectivity index (χ1v) is 10.7. The maximum atomic E-state index is 12.6. The fourth-order valence-electron chi connectivity index (χ4n) is 2.33. The molecule has 1 N–H and O–H groups in total. The normalized spacial score (nSPS) is 15.6. The molecule has 1 aromatic carbocycles. The minimum absolute atomic E-state index is 0.142. The largest absolute Gasteiger partial charge is 0.302 e. The van der Waals surface area contributed by atoms with E-state index < -0.39 is 0 Å². The van der Waals surface area contributed by atoms with Crippen LogP contribution in [0.5, 0.6) is 0 Å². The first kappa shape index (κ1) is 20.3. The second kappa shape index (κ2) is 9.16. The number of nitrogens with zero attached hydrogens (tertiary/aromatic N) is 2. The van der Waals surface area contributed by atoms with Crippen LogP contribution in [0.2, 0.25) is 10.0 Å². The highest BCUT2D eigenvalue weighted by atomic mass is 35.5. The molecule has 0 unspecified atom stereocenters. The number of carbonyl (C=O) groups is 2. The van der Waals surface area contributed by atoms with E-state index in [4.69, 9.17) is 35.4 Å². The van der Waals surface area contributed by atoms with Crippen molar-refractivity contribution in [1.29, 1.82) is 0 Å². The number of thioether (sulfide) groups is 1. The number of amides is 2. The van der Waals surface area contributed by atoms with E-state index in [-0.39, 0.29) is 18.2 Å². The molecule has 0 spiro atoms. The van der Waals surface area contributed by atoms with Crippen molar-refractivity contribution < 1.29 is 9.59 Å². The number of hydrogen-bond donors (Lipinski definition) is 1. The predicted octanol–water partition coefficient (Wildman–Crippen LogP) is 5.07. The zero-order chi connectivity index (χ0) is 19.4. The summed E-state index contributed by atoms with van der Waals surface area (Å²) in [5.41, 5.74) is 0.660. The molecule has 2 heterocycles. The molecule has 0 bridgehead atoms. The van der Waals surface area contributed by atoms with Gasteiger partial charge in [0.05, 0.1) is 15.0 Å². The molecule has 3 rings (SSSR count). The lowest BCUT2D eigenvalue weighted by Gasteiger charge is -2.13. The van der Waals surface area contributed by atoms with Gasteiger partial charge in [0.25, 0.3) is 5.91 Å². The summed E-state index contributed by atoms with van der Waals surface area (Å²) in [6.07, 6.45) is 4.08. The summed E-state index contributed by atoms with van der Waals surface area (Å²) in [5.74, 6) is -0.335. The second-order valence-electron chi connectivity index (χ2n) is 5.47. The summed E-state index contributed by atoms with van der Waals surface area (Å²) < 4.78 is 0.463. The molecule has 27 heavy (non-hydrogen) atoms. The van der Waals surface area contributed by atoms with Crippen LogP contribution in [0.15, 0.2) is 34.7 Å². The molecule has 0 radical (unpaired) electrons. The smallest absolute Gasteiger partial charge is 0.266 e. The zero-order valence-corrected chi connectivity index (χ0v) is 17.7. The van der Waals surface area contributed by atoms with Crippen LogP contribution in [0.3, 0.4) is 0 Å². The van der Waals surface area contributed by atoms with Crippen molar-refractivity contribution in [3.63, 3.8) is 0 Å². The van der Waals surface area contributed by atoms with Crippen LogP contribution >= 0.6 is 58.5 Å². The van der Waals surface area contributed by atoms with E-state index in [0.29, 0.717) is 42.9 Å². The predicted molar refractivity (Wildman–Crippen MR) is 116 cm³/mol. The first-order chi connectivity index (χ1) is 13.0. The Morgan fingerprint density at radius 2 is 2.19 bits per heavy atom. The molecule has 140 valence electrons. The molecule has 1 saturated heterocycles. The molecule has 1 aromatic heterocycles. The number of anilines is 1. The molecule has 1 aliphatic rings. The number of benzene rings is 1. The lowest BCUT2D eigenvalue weighted by atomic mass is 10.2. The molecule has 0 saturated carbocycles. The first-order valence-electron chi connectivity index (χ1n) is 7.84. The van der Waals surface area contributed by atoms with Gasteiger partial charge in [0, 0.05) is 24.5 Å². The Kier molecular flexibility index (Phi) is 6.88. The lowest BCUT2D eigenvalue weighted by molar-refractivity contribution is -0.122. The zero-order valence-electron chi connectivity index (χ0n) is 13.8. The molecule has 0 atom stereocenters. The van der Waals surface area contributed by atoms with Crippen molar-refractivity contribution >= 4 is 85.9 Å². The summed E-state index contributed by atoms with van der Waals surface area (Å²) in [4.78, 5) is 30.5.